The van der Waals surface area contributed by atoms with Gasteiger partial charge >= 0.3 is 6.09 Å². The first kappa shape index (κ1) is 15.2. The molecule has 0 aromatic heterocycles. The Kier molecular flexibility index (Phi) is 5.79. The second-order valence-electron chi connectivity index (χ2n) is 5.50. The van der Waals surface area contributed by atoms with Gasteiger partial charge in [0.2, 0.25) is 0 Å². The minimum atomic E-state index is -0.468. The highest BCUT2D eigenvalue weighted by Crippen LogP contribution is 2.14. The van der Waals surface area contributed by atoms with Gasteiger partial charge in [0.05, 0.1) is 5.54 Å². The average Bonchev–Trinajstić information content (AvgIpc) is 2.11. The molecule has 0 aliphatic carbocycles. The zero-order chi connectivity index (χ0) is 12.8. The molecule has 0 radical (unpaired) electrons. The molecule has 1 unspecified atom stereocenters. The number of unbranched alkanes of at least 4 members (excludes halogenated alkanes) is 1. The maximum atomic E-state index is 11.6. The Bertz CT molecular complexity index is 224. The fourth-order valence-corrected chi connectivity index (χ4v) is 1.33. The van der Waals surface area contributed by atoms with E-state index in [4.69, 9.17) is 10.5 Å². The number of alkyl carbamates (subject to hydrolysis) is 1. The second kappa shape index (κ2) is 6.09. The van der Waals surface area contributed by atoms with Crippen LogP contribution in [0.2, 0.25) is 0 Å². The van der Waals surface area contributed by atoms with Crippen LogP contribution in [0.1, 0.15) is 53.9 Å². The van der Waals surface area contributed by atoms with Gasteiger partial charge in [0.1, 0.15) is 5.60 Å². The summed E-state index contributed by atoms with van der Waals surface area (Å²) >= 11 is 0. The van der Waals surface area contributed by atoms with Gasteiger partial charge in [-0.15, -0.1) is 0 Å². The summed E-state index contributed by atoms with van der Waals surface area (Å²) in [5.74, 6) is 0. The van der Waals surface area contributed by atoms with Crippen LogP contribution >= 0.6 is 0 Å². The summed E-state index contributed by atoms with van der Waals surface area (Å²) in [5.41, 5.74) is 4.86. The molecule has 0 fully saturated rings. The highest BCUT2D eigenvalue weighted by molar-refractivity contribution is 5.68. The lowest BCUT2D eigenvalue weighted by molar-refractivity contribution is 0.0461. The van der Waals surface area contributed by atoms with Crippen molar-refractivity contribution in [3.63, 3.8) is 0 Å². The number of carbonyl (C=O) groups is 1. The highest BCUT2D eigenvalue weighted by atomic mass is 16.6. The average molecular weight is 230 g/mol. The number of ether oxygens (including phenoxy) is 1. The van der Waals surface area contributed by atoms with Crippen molar-refractivity contribution in [2.45, 2.75) is 65.0 Å². The number of amides is 1. The Hall–Kier alpha value is -0.770. The van der Waals surface area contributed by atoms with Crippen molar-refractivity contribution in [1.82, 2.24) is 5.32 Å². The van der Waals surface area contributed by atoms with Crippen molar-refractivity contribution >= 4 is 6.09 Å². The molecule has 0 aromatic rings. The SMILES string of the molecule is CCCCC(C)(CN)NC(=O)OC(C)(C)C. The van der Waals surface area contributed by atoms with Gasteiger partial charge < -0.3 is 15.8 Å². The third kappa shape index (κ3) is 6.67. The van der Waals surface area contributed by atoms with E-state index in [1.54, 1.807) is 0 Å². The van der Waals surface area contributed by atoms with Crippen LogP contribution in [0, 0.1) is 0 Å². The molecule has 96 valence electrons. The quantitative estimate of drug-likeness (QED) is 0.762. The lowest BCUT2D eigenvalue weighted by Gasteiger charge is -2.30. The maximum Gasteiger partial charge on any atom is 0.408 e. The van der Waals surface area contributed by atoms with Crippen LogP contribution in [-0.2, 0) is 4.74 Å². The monoisotopic (exact) mass is 230 g/mol. The lowest BCUT2D eigenvalue weighted by Crippen LogP contribution is -2.52. The lowest BCUT2D eigenvalue weighted by atomic mass is 9.95. The molecule has 0 bridgehead atoms. The molecule has 0 heterocycles. The van der Waals surface area contributed by atoms with E-state index in [0.29, 0.717) is 6.54 Å². The van der Waals surface area contributed by atoms with E-state index in [-0.39, 0.29) is 5.54 Å². The Labute approximate surface area is 98.9 Å². The summed E-state index contributed by atoms with van der Waals surface area (Å²) in [6.45, 7) is 10.0. The number of carbonyl (C=O) groups excluding carboxylic acids is 1. The highest BCUT2D eigenvalue weighted by Gasteiger charge is 2.26. The molecule has 1 atom stereocenters. The van der Waals surface area contributed by atoms with Crippen molar-refractivity contribution < 1.29 is 9.53 Å². The van der Waals surface area contributed by atoms with Crippen LogP contribution < -0.4 is 11.1 Å². The van der Waals surface area contributed by atoms with Crippen LogP contribution in [0.25, 0.3) is 0 Å². The van der Waals surface area contributed by atoms with Crippen molar-refractivity contribution in [3.05, 3.63) is 0 Å². The third-order valence-electron chi connectivity index (χ3n) is 2.34. The first-order valence-corrected chi connectivity index (χ1v) is 5.93. The zero-order valence-electron chi connectivity index (χ0n) is 11.2. The standard InChI is InChI=1S/C12H26N2O2/c1-6-7-8-12(5,9-13)14-10(15)16-11(2,3)4/h6-9,13H2,1-5H3,(H,14,15). The van der Waals surface area contributed by atoms with Crippen LogP contribution in [0.4, 0.5) is 4.79 Å². The smallest absolute Gasteiger partial charge is 0.408 e. The molecule has 0 aliphatic heterocycles. The zero-order valence-corrected chi connectivity index (χ0v) is 11.2. The molecule has 0 saturated carbocycles. The van der Waals surface area contributed by atoms with Crippen molar-refractivity contribution in [2.75, 3.05) is 6.54 Å². The van der Waals surface area contributed by atoms with E-state index < -0.39 is 11.7 Å². The summed E-state index contributed by atoms with van der Waals surface area (Å²) in [4.78, 5) is 11.6. The van der Waals surface area contributed by atoms with Crippen LogP contribution in [0.5, 0.6) is 0 Å². The Morgan fingerprint density at radius 3 is 2.25 bits per heavy atom. The largest absolute Gasteiger partial charge is 0.444 e. The van der Waals surface area contributed by atoms with Crippen molar-refractivity contribution in [2.24, 2.45) is 5.73 Å². The molecule has 4 heteroatoms. The van der Waals surface area contributed by atoms with Gasteiger partial charge in [-0.2, -0.15) is 0 Å². The number of hydrogen-bond donors (Lipinski definition) is 2. The van der Waals surface area contributed by atoms with Crippen molar-refractivity contribution in [3.8, 4) is 0 Å². The summed E-state index contributed by atoms with van der Waals surface area (Å²) < 4.78 is 5.21. The van der Waals surface area contributed by atoms with Gasteiger partial charge in [-0.25, -0.2) is 4.79 Å². The summed E-state index contributed by atoms with van der Waals surface area (Å²) in [5, 5.41) is 2.85. The summed E-state index contributed by atoms with van der Waals surface area (Å²) in [7, 11) is 0. The van der Waals surface area contributed by atoms with E-state index in [1.165, 1.54) is 0 Å². The normalized spacial score (nSPS) is 15.4. The van der Waals surface area contributed by atoms with E-state index >= 15 is 0 Å². The van der Waals surface area contributed by atoms with Gasteiger partial charge in [0.15, 0.2) is 0 Å². The summed E-state index contributed by atoms with van der Waals surface area (Å²) in [6.07, 6.45) is 2.62. The molecule has 3 N–H and O–H groups in total. The van der Waals surface area contributed by atoms with Gasteiger partial charge in [-0.1, -0.05) is 19.8 Å². The number of hydrogen-bond acceptors (Lipinski definition) is 3. The number of nitrogens with one attached hydrogen (secondary N) is 1. The van der Waals surface area contributed by atoms with Crippen LogP contribution in [0.15, 0.2) is 0 Å². The molecule has 0 aliphatic rings. The van der Waals surface area contributed by atoms with Gasteiger partial charge in [0, 0.05) is 6.54 Å². The van der Waals surface area contributed by atoms with Crippen LogP contribution in [0.3, 0.4) is 0 Å². The molecular weight excluding hydrogens is 204 g/mol. The van der Waals surface area contributed by atoms with Crippen LogP contribution in [-0.4, -0.2) is 23.8 Å². The Balaban J connectivity index is 4.25. The summed E-state index contributed by atoms with van der Waals surface area (Å²) in [6, 6.07) is 0. The fourth-order valence-electron chi connectivity index (χ4n) is 1.33. The minimum Gasteiger partial charge on any atom is -0.444 e. The van der Waals surface area contributed by atoms with E-state index in [1.807, 2.05) is 27.7 Å². The van der Waals surface area contributed by atoms with E-state index in [0.717, 1.165) is 19.3 Å². The molecule has 4 nitrogen and oxygen atoms in total. The Morgan fingerprint density at radius 1 is 1.31 bits per heavy atom. The third-order valence-corrected chi connectivity index (χ3v) is 2.34. The minimum absolute atomic E-state index is 0.363. The topological polar surface area (TPSA) is 64.3 Å². The van der Waals surface area contributed by atoms with Gasteiger partial charge in [0.25, 0.3) is 0 Å². The number of nitrogens with two attached hydrogens (primary N) is 1. The molecule has 16 heavy (non-hydrogen) atoms. The molecule has 0 saturated heterocycles. The first-order chi connectivity index (χ1) is 7.22. The molecular formula is C12H26N2O2. The van der Waals surface area contributed by atoms with E-state index in [9.17, 15) is 4.79 Å². The second-order valence-corrected chi connectivity index (χ2v) is 5.50. The fraction of sp³-hybridized carbons (Fsp3) is 0.917. The van der Waals surface area contributed by atoms with Crippen molar-refractivity contribution in [1.29, 1.82) is 0 Å². The Morgan fingerprint density at radius 2 is 1.88 bits per heavy atom. The van der Waals surface area contributed by atoms with Gasteiger partial charge in [-0.3, -0.25) is 0 Å². The molecule has 0 aromatic carbocycles. The van der Waals surface area contributed by atoms with E-state index in [2.05, 4.69) is 12.2 Å². The molecule has 0 spiro atoms. The molecule has 0 rings (SSSR count). The maximum absolute atomic E-state index is 11.6. The van der Waals surface area contributed by atoms with Gasteiger partial charge in [-0.05, 0) is 34.1 Å². The molecule has 1 amide bonds. The predicted octanol–water partition coefficient (Wildman–Crippen LogP) is 2.42. The first-order valence-electron chi connectivity index (χ1n) is 5.93. The predicted molar refractivity (Wildman–Crippen MR) is 66.4 cm³/mol. The number of rotatable bonds is 5.